The molecule has 1 N–H and O–H groups in total. The highest BCUT2D eigenvalue weighted by Crippen LogP contribution is 2.25. The van der Waals surface area contributed by atoms with Crippen LogP contribution in [0.4, 0.5) is 0 Å². The second kappa shape index (κ2) is 4.78. The minimum atomic E-state index is -0.0907. The molecule has 3 aromatic heterocycles. The second-order valence-corrected chi connectivity index (χ2v) is 5.75. The number of amides is 1. The fraction of sp³-hybridized carbons (Fsp3) is 0.143. The van der Waals surface area contributed by atoms with Gasteiger partial charge in [-0.2, -0.15) is 5.10 Å². The van der Waals surface area contributed by atoms with Crippen LogP contribution in [0.3, 0.4) is 0 Å². The Morgan fingerprint density at radius 3 is 3.14 bits per heavy atom. The highest BCUT2D eigenvalue weighted by atomic mass is 32.1. The van der Waals surface area contributed by atoms with Crippen molar-refractivity contribution < 1.29 is 4.79 Å². The molecule has 0 radical (unpaired) electrons. The van der Waals surface area contributed by atoms with Crippen LogP contribution in [0.2, 0.25) is 0 Å². The van der Waals surface area contributed by atoms with Crippen LogP contribution < -0.4 is 0 Å². The normalized spacial score (nSPS) is 13.4. The monoisotopic (exact) mass is 297 g/mol. The minimum Gasteiger partial charge on any atom is -0.327 e. The molecule has 3 aromatic rings. The molecular formula is C14H11N5OS. The van der Waals surface area contributed by atoms with Gasteiger partial charge < -0.3 is 4.90 Å². The Morgan fingerprint density at radius 2 is 2.33 bits per heavy atom. The summed E-state index contributed by atoms with van der Waals surface area (Å²) >= 11 is 1.61. The van der Waals surface area contributed by atoms with Gasteiger partial charge in [-0.1, -0.05) is 6.07 Å². The van der Waals surface area contributed by atoms with Crippen molar-refractivity contribution >= 4 is 17.2 Å². The summed E-state index contributed by atoms with van der Waals surface area (Å²) in [6.07, 6.45) is 3.27. The molecule has 0 fully saturated rings. The van der Waals surface area contributed by atoms with Crippen molar-refractivity contribution in [3.63, 3.8) is 0 Å². The van der Waals surface area contributed by atoms with E-state index in [4.69, 9.17) is 0 Å². The Labute approximate surface area is 124 Å². The van der Waals surface area contributed by atoms with E-state index < -0.39 is 0 Å². The van der Waals surface area contributed by atoms with E-state index in [1.165, 1.54) is 6.33 Å². The molecule has 104 valence electrons. The van der Waals surface area contributed by atoms with Crippen molar-refractivity contribution in [2.24, 2.45) is 0 Å². The zero-order chi connectivity index (χ0) is 14.2. The third-order valence-corrected chi connectivity index (χ3v) is 4.36. The van der Waals surface area contributed by atoms with Gasteiger partial charge in [-0.05, 0) is 17.5 Å². The van der Waals surface area contributed by atoms with Crippen LogP contribution in [0.1, 0.15) is 21.7 Å². The Kier molecular flexibility index (Phi) is 2.78. The lowest BCUT2D eigenvalue weighted by Gasteiger charge is -2.12. The van der Waals surface area contributed by atoms with Crippen molar-refractivity contribution in [2.45, 2.75) is 13.1 Å². The minimum absolute atomic E-state index is 0.0907. The third-order valence-electron chi connectivity index (χ3n) is 3.45. The molecule has 4 heterocycles. The van der Waals surface area contributed by atoms with Crippen molar-refractivity contribution in [3.05, 3.63) is 53.1 Å². The fourth-order valence-electron chi connectivity index (χ4n) is 2.40. The van der Waals surface area contributed by atoms with Crippen LogP contribution in [-0.2, 0) is 13.1 Å². The topological polar surface area (TPSA) is 74.8 Å². The quantitative estimate of drug-likeness (QED) is 0.786. The number of carbonyl (C=O) groups is 1. The predicted molar refractivity (Wildman–Crippen MR) is 77.5 cm³/mol. The Morgan fingerprint density at radius 1 is 1.38 bits per heavy atom. The van der Waals surface area contributed by atoms with Gasteiger partial charge in [0, 0.05) is 18.3 Å². The number of hydrogen-bond donors (Lipinski definition) is 1. The molecule has 0 aromatic carbocycles. The van der Waals surface area contributed by atoms with Gasteiger partial charge >= 0.3 is 0 Å². The number of carbonyl (C=O) groups excluding carboxylic acids is 1. The fourth-order valence-corrected chi connectivity index (χ4v) is 3.09. The van der Waals surface area contributed by atoms with Crippen molar-refractivity contribution in [1.29, 1.82) is 0 Å². The molecular weight excluding hydrogens is 286 g/mol. The lowest BCUT2D eigenvalue weighted by Crippen LogP contribution is -2.25. The summed E-state index contributed by atoms with van der Waals surface area (Å²) in [6.45, 7) is 1.05. The summed E-state index contributed by atoms with van der Waals surface area (Å²) in [5.74, 6) is -0.0907. The number of nitrogens with zero attached hydrogens (tertiary/aromatic N) is 4. The molecule has 6 nitrogen and oxygen atoms in total. The summed E-state index contributed by atoms with van der Waals surface area (Å²) in [7, 11) is 0. The average molecular weight is 297 g/mol. The molecule has 0 saturated heterocycles. The molecule has 0 bridgehead atoms. The zero-order valence-corrected chi connectivity index (χ0v) is 11.8. The number of H-pyrrole nitrogens is 1. The number of fused-ring (bicyclic) bond motifs is 1. The zero-order valence-electron chi connectivity index (χ0n) is 11.0. The summed E-state index contributed by atoms with van der Waals surface area (Å²) < 4.78 is 0. The number of rotatable bonds is 2. The smallest absolute Gasteiger partial charge is 0.275 e. The van der Waals surface area contributed by atoms with Crippen LogP contribution in [0.15, 0.2) is 36.1 Å². The highest BCUT2D eigenvalue weighted by Gasteiger charge is 2.26. The number of aromatic amines is 1. The first-order chi connectivity index (χ1) is 10.3. The van der Waals surface area contributed by atoms with E-state index in [2.05, 4.69) is 20.2 Å². The van der Waals surface area contributed by atoms with Gasteiger partial charge in [-0.15, -0.1) is 11.3 Å². The first-order valence-electron chi connectivity index (χ1n) is 6.47. The maximum Gasteiger partial charge on any atom is 0.275 e. The average Bonchev–Trinajstić information content (AvgIpc) is 3.24. The molecule has 7 heteroatoms. The molecule has 0 saturated carbocycles. The number of thiophene rings is 1. The van der Waals surface area contributed by atoms with Gasteiger partial charge in [0.2, 0.25) is 0 Å². The van der Waals surface area contributed by atoms with Crippen molar-refractivity contribution in [2.75, 3.05) is 0 Å². The number of nitrogens with one attached hydrogen (secondary N) is 1. The lowest BCUT2D eigenvalue weighted by molar-refractivity contribution is 0.0744. The third kappa shape index (κ3) is 2.11. The van der Waals surface area contributed by atoms with E-state index in [9.17, 15) is 4.79 Å². The van der Waals surface area contributed by atoms with E-state index in [1.54, 1.807) is 28.5 Å². The standard InChI is InChI=1S/C14H11N5OS/c20-14(19-6-9-5-15-8-16-12(9)7-19)11-4-10(17-18-11)13-2-1-3-21-13/h1-5,8H,6-7H2,(H,17,18). The van der Waals surface area contributed by atoms with Crippen molar-refractivity contribution in [3.8, 4) is 10.6 Å². The van der Waals surface area contributed by atoms with E-state index in [0.717, 1.165) is 21.8 Å². The summed E-state index contributed by atoms with van der Waals surface area (Å²) in [5, 5.41) is 9.05. The first-order valence-corrected chi connectivity index (χ1v) is 7.35. The summed E-state index contributed by atoms with van der Waals surface area (Å²) in [6, 6.07) is 5.76. The number of aromatic nitrogens is 4. The lowest BCUT2D eigenvalue weighted by atomic mass is 10.3. The maximum absolute atomic E-state index is 12.5. The van der Waals surface area contributed by atoms with Gasteiger partial charge in [-0.25, -0.2) is 9.97 Å². The van der Waals surface area contributed by atoms with E-state index in [0.29, 0.717) is 18.8 Å². The van der Waals surface area contributed by atoms with Crippen LogP contribution in [0.5, 0.6) is 0 Å². The Hall–Kier alpha value is -2.54. The van der Waals surface area contributed by atoms with E-state index >= 15 is 0 Å². The van der Waals surface area contributed by atoms with Crippen LogP contribution in [-0.4, -0.2) is 31.0 Å². The molecule has 1 amide bonds. The molecule has 0 unspecified atom stereocenters. The predicted octanol–water partition coefficient (Wildman–Crippen LogP) is 2.08. The first kappa shape index (κ1) is 12.2. The van der Waals surface area contributed by atoms with Crippen LogP contribution >= 0.6 is 11.3 Å². The maximum atomic E-state index is 12.5. The van der Waals surface area contributed by atoms with E-state index in [-0.39, 0.29) is 5.91 Å². The molecule has 0 spiro atoms. The Bertz CT molecular complexity index is 770. The second-order valence-electron chi connectivity index (χ2n) is 4.80. The SMILES string of the molecule is O=C(c1cc(-c2cccs2)[nH]n1)N1Cc2cncnc2C1. The number of hydrogen-bond acceptors (Lipinski definition) is 5. The Balaban J connectivity index is 1.57. The largest absolute Gasteiger partial charge is 0.327 e. The van der Waals surface area contributed by atoms with Crippen LogP contribution in [0.25, 0.3) is 10.6 Å². The highest BCUT2D eigenvalue weighted by molar-refractivity contribution is 7.13. The van der Waals surface area contributed by atoms with Gasteiger partial charge in [0.25, 0.3) is 5.91 Å². The molecule has 0 aliphatic carbocycles. The van der Waals surface area contributed by atoms with Gasteiger partial charge in [0.1, 0.15) is 6.33 Å². The van der Waals surface area contributed by atoms with Crippen molar-refractivity contribution in [1.82, 2.24) is 25.1 Å². The van der Waals surface area contributed by atoms with Gasteiger partial charge in [0.05, 0.1) is 22.8 Å². The molecule has 4 rings (SSSR count). The summed E-state index contributed by atoms with van der Waals surface area (Å²) in [4.78, 5) is 23.5. The molecule has 0 atom stereocenters. The van der Waals surface area contributed by atoms with Crippen LogP contribution in [0, 0.1) is 0 Å². The molecule has 21 heavy (non-hydrogen) atoms. The van der Waals surface area contributed by atoms with Gasteiger partial charge in [-0.3, -0.25) is 9.89 Å². The molecule has 1 aliphatic rings. The summed E-state index contributed by atoms with van der Waals surface area (Å²) in [5.41, 5.74) is 3.20. The van der Waals surface area contributed by atoms with E-state index in [1.807, 2.05) is 17.5 Å². The van der Waals surface area contributed by atoms with Gasteiger partial charge in [0.15, 0.2) is 5.69 Å². The molecule has 1 aliphatic heterocycles.